The van der Waals surface area contributed by atoms with Gasteiger partial charge in [0, 0.05) is 16.6 Å². The Morgan fingerprint density at radius 1 is 1.20 bits per heavy atom. The predicted octanol–water partition coefficient (Wildman–Crippen LogP) is 3.76. The molecular formula is C19H17ClN4O. The molecule has 0 aliphatic heterocycles. The lowest BCUT2D eigenvalue weighted by Gasteiger charge is -2.05. The van der Waals surface area contributed by atoms with Crippen LogP contribution in [0.15, 0.2) is 59.7 Å². The van der Waals surface area contributed by atoms with Crippen LogP contribution in [0.25, 0.3) is 10.9 Å². The van der Waals surface area contributed by atoms with E-state index in [1.807, 2.05) is 61.5 Å². The number of hydrazone groups is 1. The SMILES string of the molecule is Cc1ccc(NCC(=O)N/N=C\c2cc3ccccc3nc2Cl)cc1. The third-order valence-corrected chi connectivity index (χ3v) is 3.90. The summed E-state index contributed by atoms with van der Waals surface area (Å²) in [7, 11) is 0. The van der Waals surface area contributed by atoms with Gasteiger partial charge in [-0.2, -0.15) is 5.10 Å². The number of carbonyl (C=O) groups is 1. The molecule has 2 aromatic carbocycles. The van der Waals surface area contributed by atoms with Crippen LogP contribution in [-0.2, 0) is 4.79 Å². The Labute approximate surface area is 150 Å². The molecule has 3 rings (SSSR count). The Balaban J connectivity index is 1.58. The highest BCUT2D eigenvalue weighted by atomic mass is 35.5. The number of carbonyl (C=O) groups excluding carboxylic acids is 1. The number of pyridine rings is 1. The van der Waals surface area contributed by atoms with Crippen molar-refractivity contribution in [1.29, 1.82) is 0 Å². The maximum absolute atomic E-state index is 11.8. The summed E-state index contributed by atoms with van der Waals surface area (Å²) in [5.74, 6) is -0.248. The fraction of sp³-hybridized carbons (Fsp3) is 0.105. The zero-order chi connectivity index (χ0) is 17.6. The second-order valence-corrected chi connectivity index (χ2v) is 5.93. The number of nitrogens with zero attached hydrogens (tertiary/aromatic N) is 2. The lowest BCUT2D eigenvalue weighted by atomic mass is 10.2. The van der Waals surface area contributed by atoms with Gasteiger partial charge in [-0.05, 0) is 31.2 Å². The summed E-state index contributed by atoms with van der Waals surface area (Å²) in [6.07, 6.45) is 1.49. The van der Waals surface area contributed by atoms with Crippen molar-refractivity contribution in [3.05, 3.63) is 70.9 Å². The predicted molar refractivity (Wildman–Crippen MR) is 102 cm³/mol. The molecule has 0 bridgehead atoms. The Hall–Kier alpha value is -2.92. The number of halogens is 1. The van der Waals surface area contributed by atoms with Crippen LogP contribution in [0, 0.1) is 6.92 Å². The van der Waals surface area contributed by atoms with E-state index >= 15 is 0 Å². The first-order chi connectivity index (χ1) is 12.1. The smallest absolute Gasteiger partial charge is 0.259 e. The molecule has 5 nitrogen and oxygen atoms in total. The van der Waals surface area contributed by atoms with Crippen LogP contribution in [0.5, 0.6) is 0 Å². The number of anilines is 1. The molecule has 1 heterocycles. The van der Waals surface area contributed by atoms with E-state index in [1.54, 1.807) is 0 Å². The Bertz CT molecular complexity index is 922. The Morgan fingerprint density at radius 3 is 2.76 bits per heavy atom. The van der Waals surface area contributed by atoms with Gasteiger partial charge in [-0.25, -0.2) is 10.4 Å². The molecule has 126 valence electrons. The highest BCUT2D eigenvalue weighted by Crippen LogP contribution is 2.18. The number of benzene rings is 2. The summed E-state index contributed by atoms with van der Waals surface area (Å²) in [5.41, 5.74) is 5.98. The Kier molecular flexibility index (Phi) is 5.26. The highest BCUT2D eigenvalue weighted by Gasteiger charge is 2.03. The lowest BCUT2D eigenvalue weighted by molar-refractivity contribution is -0.119. The van der Waals surface area contributed by atoms with E-state index in [4.69, 9.17) is 11.6 Å². The molecule has 0 spiro atoms. The summed E-state index contributed by atoms with van der Waals surface area (Å²) >= 11 is 6.15. The van der Waals surface area contributed by atoms with Crippen molar-refractivity contribution in [2.75, 3.05) is 11.9 Å². The molecular weight excluding hydrogens is 336 g/mol. The van der Waals surface area contributed by atoms with Crippen molar-refractivity contribution in [1.82, 2.24) is 10.4 Å². The number of hydrogen-bond acceptors (Lipinski definition) is 4. The Morgan fingerprint density at radius 2 is 1.96 bits per heavy atom. The number of nitrogens with one attached hydrogen (secondary N) is 2. The minimum atomic E-state index is -0.248. The molecule has 0 radical (unpaired) electrons. The number of aromatic nitrogens is 1. The van der Waals surface area contributed by atoms with Crippen molar-refractivity contribution in [3.63, 3.8) is 0 Å². The van der Waals surface area contributed by atoms with Crippen LogP contribution >= 0.6 is 11.6 Å². The van der Waals surface area contributed by atoms with Gasteiger partial charge in [0.2, 0.25) is 0 Å². The molecule has 0 unspecified atom stereocenters. The molecule has 3 aromatic rings. The maximum Gasteiger partial charge on any atom is 0.259 e. The number of amides is 1. The summed E-state index contributed by atoms with van der Waals surface area (Å²) < 4.78 is 0. The van der Waals surface area contributed by atoms with E-state index in [0.29, 0.717) is 10.7 Å². The van der Waals surface area contributed by atoms with Gasteiger partial charge in [0.1, 0.15) is 5.15 Å². The zero-order valence-corrected chi connectivity index (χ0v) is 14.4. The van der Waals surface area contributed by atoms with Gasteiger partial charge in [-0.1, -0.05) is 47.5 Å². The molecule has 0 aliphatic carbocycles. The van der Waals surface area contributed by atoms with Crippen molar-refractivity contribution in [2.24, 2.45) is 5.10 Å². The first-order valence-corrected chi connectivity index (χ1v) is 8.17. The second kappa shape index (κ2) is 7.77. The van der Waals surface area contributed by atoms with Gasteiger partial charge < -0.3 is 5.32 Å². The van der Waals surface area contributed by atoms with E-state index in [9.17, 15) is 4.79 Å². The van der Waals surface area contributed by atoms with Crippen LogP contribution in [-0.4, -0.2) is 23.7 Å². The summed E-state index contributed by atoms with van der Waals surface area (Å²) in [6.45, 7) is 2.14. The van der Waals surface area contributed by atoms with Crippen molar-refractivity contribution >= 4 is 40.3 Å². The lowest BCUT2D eigenvalue weighted by Crippen LogP contribution is -2.25. The number of hydrogen-bond donors (Lipinski definition) is 2. The summed E-state index contributed by atoms with van der Waals surface area (Å²) in [4.78, 5) is 16.1. The molecule has 0 aliphatic rings. The molecule has 25 heavy (non-hydrogen) atoms. The third kappa shape index (κ3) is 4.55. The summed E-state index contributed by atoms with van der Waals surface area (Å²) in [6, 6.07) is 17.3. The second-order valence-electron chi connectivity index (χ2n) is 5.57. The minimum Gasteiger partial charge on any atom is -0.376 e. The zero-order valence-electron chi connectivity index (χ0n) is 13.7. The van der Waals surface area contributed by atoms with E-state index in [-0.39, 0.29) is 12.5 Å². The molecule has 6 heteroatoms. The number of para-hydroxylation sites is 1. The van der Waals surface area contributed by atoms with E-state index in [0.717, 1.165) is 16.6 Å². The van der Waals surface area contributed by atoms with Crippen LogP contribution in [0.1, 0.15) is 11.1 Å². The quantitative estimate of drug-likeness (QED) is 0.417. The van der Waals surface area contributed by atoms with Gasteiger partial charge in [-0.15, -0.1) is 0 Å². The summed E-state index contributed by atoms with van der Waals surface area (Å²) in [5, 5.41) is 8.28. The molecule has 1 aromatic heterocycles. The van der Waals surface area contributed by atoms with E-state index in [1.165, 1.54) is 11.8 Å². The normalized spacial score (nSPS) is 11.0. The van der Waals surface area contributed by atoms with Crippen LogP contribution in [0.3, 0.4) is 0 Å². The van der Waals surface area contributed by atoms with Gasteiger partial charge >= 0.3 is 0 Å². The standard InChI is InChI=1S/C19H17ClN4O/c1-13-6-8-16(9-7-13)21-12-18(25)24-22-11-15-10-14-4-2-3-5-17(14)23-19(15)20/h2-11,21H,12H2,1H3,(H,24,25)/b22-11-. The average Bonchev–Trinajstić information content (AvgIpc) is 2.61. The van der Waals surface area contributed by atoms with E-state index in [2.05, 4.69) is 20.8 Å². The average molecular weight is 353 g/mol. The fourth-order valence-corrected chi connectivity index (χ4v) is 2.46. The van der Waals surface area contributed by atoms with Gasteiger partial charge in [0.15, 0.2) is 0 Å². The van der Waals surface area contributed by atoms with Crippen LogP contribution in [0.2, 0.25) is 5.15 Å². The van der Waals surface area contributed by atoms with Crippen LogP contribution < -0.4 is 10.7 Å². The van der Waals surface area contributed by atoms with Crippen molar-refractivity contribution in [3.8, 4) is 0 Å². The maximum atomic E-state index is 11.8. The van der Waals surface area contributed by atoms with Crippen molar-refractivity contribution < 1.29 is 4.79 Å². The monoisotopic (exact) mass is 352 g/mol. The van der Waals surface area contributed by atoms with Gasteiger partial charge in [-0.3, -0.25) is 4.79 Å². The van der Waals surface area contributed by atoms with E-state index < -0.39 is 0 Å². The first-order valence-electron chi connectivity index (χ1n) is 7.79. The third-order valence-electron chi connectivity index (χ3n) is 3.60. The molecule has 0 atom stereocenters. The molecule has 1 amide bonds. The fourth-order valence-electron chi connectivity index (χ4n) is 2.27. The molecule has 0 fully saturated rings. The molecule has 0 saturated heterocycles. The number of rotatable bonds is 5. The van der Waals surface area contributed by atoms with Crippen molar-refractivity contribution in [2.45, 2.75) is 6.92 Å². The molecule has 0 saturated carbocycles. The van der Waals surface area contributed by atoms with Gasteiger partial charge in [0.05, 0.1) is 18.3 Å². The van der Waals surface area contributed by atoms with Crippen LogP contribution in [0.4, 0.5) is 5.69 Å². The number of fused-ring (bicyclic) bond motifs is 1. The first kappa shape index (κ1) is 16.9. The minimum absolute atomic E-state index is 0.129. The highest BCUT2D eigenvalue weighted by molar-refractivity contribution is 6.32. The largest absolute Gasteiger partial charge is 0.376 e. The number of aryl methyl sites for hydroxylation is 1. The molecule has 2 N–H and O–H groups in total. The van der Waals surface area contributed by atoms with Gasteiger partial charge in [0.25, 0.3) is 5.91 Å². The topological polar surface area (TPSA) is 66.4 Å².